The minimum absolute atomic E-state index is 0.0791. The van der Waals surface area contributed by atoms with Gasteiger partial charge in [-0.2, -0.15) is 10.4 Å². The summed E-state index contributed by atoms with van der Waals surface area (Å²) in [6.07, 6.45) is 6.10. The second-order valence-electron chi connectivity index (χ2n) is 8.47. The Hall–Kier alpha value is -4.78. The molecule has 0 saturated carbocycles. The van der Waals surface area contributed by atoms with E-state index in [1.807, 2.05) is 28.9 Å². The zero-order chi connectivity index (χ0) is 25.1. The molecule has 0 aliphatic carbocycles. The normalized spacial score (nSPS) is 15.4. The number of likely N-dealkylation sites (tertiary alicyclic amines) is 1. The number of carbonyl (C=O) groups excluding carboxylic acids is 1. The lowest BCUT2D eigenvalue weighted by molar-refractivity contribution is -0.127. The first kappa shape index (κ1) is 23.0. The van der Waals surface area contributed by atoms with Crippen LogP contribution in [0, 0.1) is 11.3 Å². The molecule has 1 fully saturated rings. The number of nitrogens with zero attached hydrogens (tertiary/aromatic N) is 7. The summed E-state index contributed by atoms with van der Waals surface area (Å²) in [5, 5.41) is 15.3. The van der Waals surface area contributed by atoms with E-state index >= 15 is 0 Å². The van der Waals surface area contributed by atoms with Gasteiger partial charge in [-0.05, 0) is 49.2 Å². The van der Waals surface area contributed by atoms with Crippen molar-refractivity contribution < 1.29 is 9.53 Å². The average Bonchev–Trinajstić information content (AvgIpc) is 3.33. The highest BCUT2D eigenvalue weighted by molar-refractivity contribution is 5.98. The van der Waals surface area contributed by atoms with Gasteiger partial charge in [-0.25, -0.2) is 14.6 Å². The number of hydrogen-bond acceptors (Lipinski definition) is 8. The van der Waals surface area contributed by atoms with Gasteiger partial charge < -0.3 is 15.4 Å². The summed E-state index contributed by atoms with van der Waals surface area (Å²) in [6, 6.07) is 13.0. The molecular formula is C26H24N8O2. The van der Waals surface area contributed by atoms with Crippen molar-refractivity contribution >= 4 is 22.8 Å². The SMILES string of the molecule is C=CC(=O)N1CCC[C@@H](n2nc(-c3ccc(OCc4ccccn4)c(C#N)c3)c3c(N)ncnc32)C1. The van der Waals surface area contributed by atoms with E-state index in [2.05, 4.69) is 27.6 Å². The highest BCUT2D eigenvalue weighted by Gasteiger charge is 2.28. The minimum Gasteiger partial charge on any atom is -0.486 e. The van der Waals surface area contributed by atoms with Crippen LogP contribution in [0.15, 0.2) is 61.6 Å². The Morgan fingerprint density at radius 3 is 2.94 bits per heavy atom. The van der Waals surface area contributed by atoms with Crippen LogP contribution in [-0.2, 0) is 11.4 Å². The highest BCUT2D eigenvalue weighted by atomic mass is 16.5. The number of pyridine rings is 1. The number of rotatable bonds is 6. The molecule has 0 radical (unpaired) electrons. The van der Waals surface area contributed by atoms with E-state index in [9.17, 15) is 10.1 Å². The monoisotopic (exact) mass is 480 g/mol. The third kappa shape index (κ3) is 4.34. The molecule has 10 nitrogen and oxygen atoms in total. The van der Waals surface area contributed by atoms with Gasteiger partial charge in [0.05, 0.1) is 22.7 Å². The molecule has 1 atom stereocenters. The van der Waals surface area contributed by atoms with Gasteiger partial charge in [0.2, 0.25) is 5.91 Å². The summed E-state index contributed by atoms with van der Waals surface area (Å²) in [4.78, 5) is 26.9. The van der Waals surface area contributed by atoms with Crippen molar-refractivity contribution in [3.63, 3.8) is 0 Å². The van der Waals surface area contributed by atoms with Gasteiger partial charge in [0.25, 0.3) is 0 Å². The van der Waals surface area contributed by atoms with E-state index in [0.717, 1.165) is 18.5 Å². The quantitative estimate of drug-likeness (QED) is 0.415. The maximum Gasteiger partial charge on any atom is 0.246 e. The molecule has 5 rings (SSSR count). The summed E-state index contributed by atoms with van der Waals surface area (Å²) in [6.45, 7) is 5.02. The van der Waals surface area contributed by atoms with Gasteiger partial charge in [-0.3, -0.25) is 9.78 Å². The van der Waals surface area contributed by atoms with Gasteiger partial charge >= 0.3 is 0 Å². The second-order valence-corrected chi connectivity index (χ2v) is 8.47. The number of amides is 1. The second kappa shape index (κ2) is 9.84. The summed E-state index contributed by atoms with van der Waals surface area (Å²) in [5.74, 6) is 0.640. The highest BCUT2D eigenvalue weighted by Crippen LogP contribution is 2.35. The summed E-state index contributed by atoms with van der Waals surface area (Å²) in [5.41, 5.74) is 9.24. The topological polar surface area (TPSA) is 136 Å². The number of fused-ring (bicyclic) bond motifs is 1. The van der Waals surface area contributed by atoms with Crippen molar-refractivity contribution in [3.8, 4) is 23.1 Å². The third-order valence-corrected chi connectivity index (χ3v) is 6.22. The Labute approximate surface area is 207 Å². The van der Waals surface area contributed by atoms with Crippen molar-refractivity contribution in [2.75, 3.05) is 18.8 Å². The van der Waals surface area contributed by atoms with Crippen molar-refractivity contribution in [2.24, 2.45) is 0 Å². The van der Waals surface area contributed by atoms with Crippen LogP contribution in [-0.4, -0.2) is 48.6 Å². The molecule has 1 aliphatic heterocycles. The zero-order valence-corrected chi connectivity index (χ0v) is 19.5. The lowest BCUT2D eigenvalue weighted by atomic mass is 10.1. The predicted octanol–water partition coefficient (Wildman–Crippen LogP) is 3.27. The molecule has 1 aliphatic rings. The molecular weight excluding hydrogens is 456 g/mol. The van der Waals surface area contributed by atoms with Crippen LogP contribution in [0.5, 0.6) is 5.75 Å². The van der Waals surface area contributed by atoms with Crippen molar-refractivity contribution in [1.29, 1.82) is 5.26 Å². The van der Waals surface area contributed by atoms with Gasteiger partial charge in [-0.1, -0.05) is 12.6 Å². The minimum atomic E-state index is -0.106. The third-order valence-electron chi connectivity index (χ3n) is 6.22. The fourth-order valence-electron chi connectivity index (χ4n) is 4.46. The number of nitrogen functional groups attached to an aromatic ring is 1. The summed E-state index contributed by atoms with van der Waals surface area (Å²) < 4.78 is 7.68. The summed E-state index contributed by atoms with van der Waals surface area (Å²) in [7, 11) is 0. The standard InChI is InChI=1S/C26H24N8O2/c1-2-22(35)33-11-5-7-20(14-33)34-26-23(25(28)30-16-31-26)24(32-34)17-8-9-21(18(12-17)13-27)36-15-19-6-3-4-10-29-19/h2-4,6,8-10,12,16,20H,1,5,7,11,14-15H2,(H2,28,30,31)/t20-/m1/s1. The fourth-order valence-corrected chi connectivity index (χ4v) is 4.46. The number of anilines is 1. The molecule has 1 saturated heterocycles. The van der Waals surface area contributed by atoms with Gasteiger partial charge in [0.15, 0.2) is 5.65 Å². The Kier molecular flexibility index (Phi) is 6.28. The number of nitriles is 1. The fraction of sp³-hybridized carbons (Fsp3) is 0.231. The zero-order valence-electron chi connectivity index (χ0n) is 19.5. The van der Waals surface area contributed by atoms with Crippen molar-refractivity contribution in [1.82, 2.24) is 29.6 Å². The summed E-state index contributed by atoms with van der Waals surface area (Å²) >= 11 is 0. The van der Waals surface area contributed by atoms with Crippen molar-refractivity contribution in [3.05, 3.63) is 72.8 Å². The first-order valence-corrected chi connectivity index (χ1v) is 11.6. The Bertz CT molecular complexity index is 1470. The van der Waals surface area contributed by atoms with E-state index in [4.69, 9.17) is 15.6 Å². The molecule has 0 unspecified atom stereocenters. The van der Waals surface area contributed by atoms with Crippen LogP contribution in [0.3, 0.4) is 0 Å². The Morgan fingerprint density at radius 2 is 2.17 bits per heavy atom. The maximum absolute atomic E-state index is 12.2. The largest absolute Gasteiger partial charge is 0.486 e. The molecule has 2 N–H and O–H groups in total. The molecule has 4 aromatic rings. The predicted molar refractivity (Wildman–Crippen MR) is 134 cm³/mol. The smallest absolute Gasteiger partial charge is 0.246 e. The number of nitrogens with two attached hydrogens (primary N) is 1. The number of benzene rings is 1. The van der Waals surface area contributed by atoms with Crippen LogP contribution < -0.4 is 10.5 Å². The molecule has 3 aromatic heterocycles. The van der Waals surface area contributed by atoms with E-state index < -0.39 is 0 Å². The average molecular weight is 481 g/mol. The number of hydrogen-bond donors (Lipinski definition) is 1. The lowest BCUT2D eigenvalue weighted by Gasteiger charge is -2.32. The maximum atomic E-state index is 12.2. The Balaban J connectivity index is 1.51. The number of ether oxygens (including phenoxy) is 1. The van der Waals surface area contributed by atoms with E-state index in [-0.39, 0.29) is 18.6 Å². The number of carbonyl (C=O) groups is 1. The van der Waals surface area contributed by atoms with Gasteiger partial charge in [0.1, 0.15) is 36.3 Å². The molecule has 0 bridgehead atoms. The molecule has 1 amide bonds. The molecule has 180 valence electrons. The van der Waals surface area contributed by atoms with E-state index in [1.165, 1.54) is 12.4 Å². The van der Waals surface area contributed by atoms with Crippen molar-refractivity contribution in [2.45, 2.75) is 25.5 Å². The van der Waals surface area contributed by atoms with Crippen LogP contribution in [0.25, 0.3) is 22.3 Å². The van der Waals surface area contributed by atoms with E-state index in [0.29, 0.717) is 52.5 Å². The Morgan fingerprint density at radius 1 is 1.28 bits per heavy atom. The van der Waals surface area contributed by atoms with Crippen LogP contribution in [0.2, 0.25) is 0 Å². The molecule has 1 aromatic carbocycles. The first-order chi connectivity index (χ1) is 17.6. The van der Waals surface area contributed by atoms with Crippen LogP contribution in [0.1, 0.15) is 30.1 Å². The van der Waals surface area contributed by atoms with E-state index in [1.54, 1.807) is 23.2 Å². The lowest BCUT2D eigenvalue weighted by Crippen LogP contribution is -2.40. The van der Waals surface area contributed by atoms with Crippen LogP contribution >= 0.6 is 0 Å². The van der Waals surface area contributed by atoms with Gasteiger partial charge in [0, 0.05) is 24.8 Å². The first-order valence-electron chi connectivity index (χ1n) is 11.6. The number of aromatic nitrogens is 5. The molecule has 4 heterocycles. The number of piperidine rings is 1. The van der Waals surface area contributed by atoms with Gasteiger partial charge in [-0.15, -0.1) is 0 Å². The molecule has 36 heavy (non-hydrogen) atoms. The molecule has 0 spiro atoms. The molecule has 10 heteroatoms. The van der Waals surface area contributed by atoms with Crippen LogP contribution in [0.4, 0.5) is 5.82 Å².